The number of benzene rings is 1. The number of aromatic nitrogens is 3. The second-order valence-corrected chi connectivity index (χ2v) is 4.60. The maximum Gasteiger partial charge on any atom is 0.170 e. The van der Waals surface area contributed by atoms with Crippen molar-refractivity contribution in [1.82, 2.24) is 14.6 Å². The summed E-state index contributed by atoms with van der Waals surface area (Å²) in [4.78, 5) is 0. The van der Waals surface area contributed by atoms with Crippen LogP contribution in [0.5, 0.6) is 0 Å². The molecule has 3 aromatic rings. The first-order chi connectivity index (χ1) is 8.25. The molecule has 0 saturated heterocycles. The van der Waals surface area contributed by atoms with Gasteiger partial charge in [-0.25, -0.2) is 0 Å². The van der Waals surface area contributed by atoms with Crippen molar-refractivity contribution in [2.24, 2.45) is 0 Å². The Morgan fingerprint density at radius 2 is 2.00 bits per heavy atom. The molecule has 0 fully saturated rings. The van der Waals surface area contributed by atoms with Gasteiger partial charge in [-0.15, -0.1) is 10.2 Å². The van der Waals surface area contributed by atoms with E-state index in [2.05, 4.69) is 26.1 Å². The largest absolute Gasteiger partial charge is 0.398 e. The van der Waals surface area contributed by atoms with Gasteiger partial charge < -0.3 is 5.73 Å². The number of nitrogens with two attached hydrogens (primary N) is 1. The average Bonchev–Trinajstić information content (AvgIpc) is 2.76. The van der Waals surface area contributed by atoms with Crippen LogP contribution in [0.1, 0.15) is 0 Å². The SMILES string of the molecule is Nc1ccc(Br)cc1-c1nnc2ccccn12. The van der Waals surface area contributed by atoms with E-state index in [4.69, 9.17) is 5.73 Å². The van der Waals surface area contributed by atoms with Gasteiger partial charge in [-0.1, -0.05) is 22.0 Å². The molecule has 0 unspecified atom stereocenters. The normalized spacial score (nSPS) is 10.9. The maximum atomic E-state index is 5.97. The van der Waals surface area contributed by atoms with Crippen LogP contribution in [0.3, 0.4) is 0 Å². The van der Waals surface area contributed by atoms with Crippen LogP contribution in [0.4, 0.5) is 5.69 Å². The molecule has 2 aromatic heterocycles. The predicted molar refractivity (Wildman–Crippen MR) is 70.5 cm³/mol. The van der Waals surface area contributed by atoms with Crippen molar-refractivity contribution in [2.75, 3.05) is 5.73 Å². The molecule has 0 bridgehead atoms. The van der Waals surface area contributed by atoms with Crippen LogP contribution >= 0.6 is 15.9 Å². The first-order valence-corrected chi connectivity index (χ1v) is 5.90. The van der Waals surface area contributed by atoms with Gasteiger partial charge in [0.25, 0.3) is 0 Å². The second kappa shape index (κ2) is 3.85. The van der Waals surface area contributed by atoms with Crippen LogP contribution in [0.2, 0.25) is 0 Å². The number of hydrogen-bond acceptors (Lipinski definition) is 3. The van der Waals surface area contributed by atoms with Crippen LogP contribution in [0.25, 0.3) is 17.0 Å². The highest BCUT2D eigenvalue weighted by atomic mass is 79.9. The minimum atomic E-state index is 0.686. The van der Waals surface area contributed by atoms with E-state index in [0.717, 1.165) is 21.5 Å². The van der Waals surface area contributed by atoms with Gasteiger partial charge in [0.2, 0.25) is 0 Å². The lowest BCUT2D eigenvalue weighted by molar-refractivity contribution is 1.11. The molecule has 4 nitrogen and oxygen atoms in total. The van der Waals surface area contributed by atoms with Crippen molar-refractivity contribution >= 4 is 27.3 Å². The Balaban J connectivity index is 2.31. The summed E-state index contributed by atoms with van der Waals surface area (Å²) in [5.74, 6) is 0.749. The molecule has 5 heteroatoms. The molecule has 0 radical (unpaired) electrons. The summed E-state index contributed by atoms with van der Waals surface area (Å²) < 4.78 is 2.88. The second-order valence-electron chi connectivity index (χ2n) is 3.68. The Kier molecular flexibility index (Phi) is 2.33. The number of anilines is 1. The van der Waals surface area contributed by atoms with Crippen molar-refractivity contribution in [2.45, 2.75) is 0 Å². The smallest absolute Gasteiger partial charge is 0.170 e. The molecule has 0 aliphatic heterocycles. The highest BCUT2D eigenvalue weighted by Gasteiger charge is 2.10. The molecule has 0 saturated carbocycles. The van der Waals surface area contributed by atoms with E-state index in [9.17, 15) is 0 Å². The maximum absolute atomic E-state index is 5.97. The van der Waals surface area contributed by atoms with Gasteiger partial charge in [0.1, 0.15) is 0 Å². The topological polar surface area (TPSA) is 56.2 Å². The summed E-state index contributed by atoms with van der Waals surface area (Å²) in [7, 11) is 0. The lowest BCUT2D eigenvalue weighted by Crippen LogP contribution is -1.94. The number of nitrogens with zero attached hydrogens (tertiary/aromatic N) is 3. The number of hydrogen-bond donors (Lipinski definition) is 1. The highest BCUT2D eigenvalue weighted by molar-refractivity contribution is 9.10. The minimum absolute atomic E-state index is 0.686. The predicted octanol–water partition coefficient (Wildman–Crippen LogP) is 2.74. The quantitative estimate of drug-likeness (QED) is 0.701. The van der Waals surface area contributed by atoms with Crippen LogP contribution < -0.4 is 5.73 Å². The molecule has 17 heavy (non-hydrogen) atoms. The standard InChI is InChI=1S/C12H9BrN4/c13-8-4-5-10(14)9(7-8)12-16-15-11-3-1-2-6-17(11)12/h1-7H,14H2. The van der Waals surface area contributed by atoms with E-state index in [1.807, 2.05) is 47.0 Å². The van der Waals surface area contributed by atoms with Crippen molar-refractivity contribution in [1.29, 1.82) is 0 Å². The van der Waals surface area contributed by atoms with Gasteiger partial charge in [-0.3, -0.25) is 4.40 Å². The number of pyridine rings is 1. The number of rotatable bonds is 1. The Morgan fingerprint density at radius 3 is 2.88 bits per heavy atom. The Bertz CT molecular complexity index is 690. The highest BCUT2D eigenvalue weighted by Crippen LogP contribution is 2.27. The minimum Gasteiger partial charge on any atom is -0.398 e. The zero-order chi connectivity index (χ0) is 11.8. The van der Waals surface area contributed by atoms with Gasteiger partial charge in [-0.05, 0) is 30.3 Å². The zero-order valence-corrected chi connectivity index (χ0v) is 10.4. The summed E-state index contributed by atoms with van der Waals surface area (Å²) in [5, 5.41) is 8.29. The lowest BCUT2D eigenvalue weighted by atomic mass is 10.1. The number of nitrogen functional groups attached to an aromatic ring is 1. The van der Waals surface area contributed by atoms with Crippen molar-refractivity contribution in [3.05, 3.63) is 47.1 Å². The number of fused-ring (bicyclic) bond motifs is 1. The van der Waals surface area contributed by atoms with Crippen LogP contribution in [0.15, 0.2) is 47.1 Å². The van der Waals surface area contributed by atoms with E-state index < -0.39 is 0 Å². The average molecular weight is 289 g/mol. The fourth-order valence-corrected chi connectivity index (χ4v) is 2.11. The first kappa shape index (κ1) is 10.3. The molecule has 1 aromatic carbocycles. The molecule has 2 N–H and O–H groups in total. The molecule has 0 amide bonds. The third-order valence-electron chi connectivity index (χ3n) is 2.57. The molecule has 84 valence electrons. The third kappa shape index (κ3) is 1.68. The van der Waals surface area contributed by atoms with Crippen molar-refractivity contribution in [3.63, 3.8) is 0 Å². The summed E-state index contributed by atoms with van der Waals surface area (Å²) in [5.41, 5.74) is 8.34. The van der Waals surface area contributed by atoms with Crippen molar-refractivity contribution in [3.8, 4) is 11.4 Å². The van der Waals surface area contributed by atoms with Crippen LogP contribution in [0, 0.1) is 0 Å². The Hall–Kier alpha value is -1.88. The van der Waals surface area contributed by atoms with E-state index in [1.54, 1.807) is 0 Å². The van der Waals surface area contributed by atoms with Gasteiger partial charge in [0.15, 0.2) is 11.5 Å². The molecular formula is C12H9BrN4. The molecule has 3 rings (SSSR count). The van der Waals surface area contributed by atoms with E-state index in [0.29, 0.717) is 5.69 Å². The van der Waals surface area contributed by atoms with Gasteiger partial charge in [0.05, 0.1) is 0 Å². The molecule has 0 aliphatic rings. The molecular weight excluding hydrogens is 280 g/mol. The Morgan fingerprint density at radius 1 is 1.12 bits per heavy atom. The lowest BCUT2D eigenvalue weighted by Gasteiger charge is -2.04. The zero-order valence-electron chi connectivity index (χ0n) is 8.84. The van der Waals surface area contributed by atoms with E-state index in [-0.39, 0.29) is 0 Å². The van der Waals surface area contributed by atoms with E-state index >= 15 is 0 Å². The molecule has 0 aliphatic carbocycles. The van der Waals surface area contributed by atoms with Crippen LogP contribution in [-0.2, 0) is 0 Å². The third-order valence-corrected chi connectivity index (χ3v) is 3.06. The molecule has 2 heterocycles. The summed E-state index contributed by atoms with van der Waals surface area (Å²) >= 11 is 3.43. The molecule has 0 spiro atoms. The fourth-order valence-electron chi connectivity index (χ4n) is 1.75. The van der Waals surface area contributed by atoms with Gasteiger partial charge >= 0.3 is 0 Å². The summed E-state index contributed by atoms with van der Waals surface area (Å²) in [6.45, 7) is 0. The van der Waals surface area contributed by atoms with Crippen LogP contribution in [-0.4, -0.2) is 14.6 Å². The Labute approximate surface area is 106 Å². The fraction of sp³-hybridized carbons (Fsp3) is 0. The summed E-state index contributed by atoms with van der Waals surface area (Å²) in [6, 6.07) is 11.5. The van der Waals surface area contributed by atoms with Crippen molar-refractivity contribution < 1.29 is 0 Å². The van der Waals surface area contributed by atoms with Gasteiger partial charge in [0, 0.05) is 21.9 Å². The number of halogens is 1. The monoisotopic (exact) mass is 288 g/mol. The first-order valence-electron chi connectivity index (χ1n) is 5.11. The summed E-state index contributed by atoms with van der Waals surface area (Å²) in [6.07, 6.45) is 1.92. The van der Waals surface area contributed by atoms with E-state index in [1.165, 1.54) is 0 Å². The molecule has 0 atom stereocenters. The van der Waals surface area contributed by atoms with Gasteiger partial charge in [-0.2, -0.15) is 0 Å².